The molecule has 0 unspecified atom stereocenters. The van der Waals surface area contributed by atoms with Gasteiger partial charge >= 0.3 is 0 Å². The first-order chi connectivity index (χ1) is 14.2. The van der Waals surface area contributed by atoms with Crippen LogP contribution in [0.4, 0.5) is 15.9 Å². The topological polar surface area (TPSA) is 60.0 Å². The van der Waals surface area contributed by atoms with Crippen LogP contribution in [0.5, 0.6) is 0 Å². The first-order valence-electron chi connectivity index (χ1n) is 9.85. The fourth-order valence-electron chi connectivity index (χ4n) is 3.82. The first-order valence-corrected chi connectivity index (χ1v) is 9.85. The van der Waals surface area contributed by atoms with Gasteiger partial charge in [0, 0.05) is 64.1 Å². The van der Waals surface area contributed by atoms with E-state index in [1.165, 1.54) is 6.07 Å². The number of halogens is 1. The van der Waals surface area contributed by atoms with Crippen LogP contribution in [0.25, 0.3) is 0 Å². The van der Waals surface area contributed by atoms with E-state index in [-0.39, 0.29) is 11.7 Å². The minimum atomic E-state index is -0.207. The number of amides is 2. The second kappa shape index (κ2) is 8.46. The maximum atomic E-state index is 14.0. The Kier molecular flexibility index (Phi) is 5.59. The number of carbonyl (C=O) groups excluding carboxylic acids is 2. The van der Waals surface area contributed by atoms with Crippen LogP contribution in [0.3, 0.4) is 0 Å². The van der Waals surface area contributed by atoms with Gasteiger partial charge in [-0.05, 0) is 24.3 Å². The minimum Gasteiger partial charge on any atom is -0.366 e. The third-order valence-corrected chi connectivity index (χ3v) is 5.54. The molecule has 0 bridgehead atoms. The van der Waals surface area contributed by atoms with Crippen molar-refractivity contribution in [2.75, 3.05) is 62.2 Å². The van der Waals surface area contributed by atoms with Crippen LogP contribution in [0.15, 0.2) is 42.6 Å². The summed E-state index contributed by atoms with van der Waals surface area (Å²) in [6.07, 6.45) is 2.49. The lowest BCUT2D eigenvalue weighted by Crippen LogP contribution is -2.48. The number of pyridine rings is 1. The van der Waals surface area contributed by atoms with Gasteiger partial charge in [-0.2, -0.15) is 0 Å². The molecule has 4 rings (SSSR count). The highest BCUT2D eigenvalue weighted by atomic mass is 19.1. The smallest absolute Gasteiger partial charge is 0.254 e. The highest BCUT2D eigenvalue weighted by molar-refractivity contribution is 5.95. The van der Waals surface area contributed by atoms with Crippen molar-refractivity contribution in [3.63, 3.8) is 0 Å². The molecule has 8 heteroatoms. The molecule has 2 aliphatic rings. The summed E-state index contributed by atoms with van der Waals surface area (Å²) in [5, 5.41) is 0. The molecule has 1 aromatic carbocycles. The van der Waals surface area contributed by atoms with E-state index in [2.05, 4.69) is 9.88 Å². The summed E-state index contributed by atoms with van der Waals surface area (Å²) in [7, 11) is 0. The van der Waals surface area contributed by atoms with Crippen LogP contribution in [0.1, 0.15) is 10.4 Å². The number of anilines is 2. The van der Waals surface area contributed by atoms with Gasteiger partial charge in [-0.3, -0.25) is 9.59 Å². The molecule has 2 fully saturated rings. The predicted molar refractivity (Wildman–Crippen MR) is 109 cm³/mol. The predicted octanol–water partition coefficient (Wildman–Crippen LogP) is 1.46. The SMILES string of the molecule is O=CN1CCN(C(=O)c2ccnc(N3CCN(c4ccccc4F)CC3)c2)CC1. The summed E-state index contributed by atoms with van der Waals surface area (Å²) < 4.78 is 14.0. The summed E-state index contributed by atoms with van der Waals surface area (Å²) in [5.74, 6) is 0.515. The van der Waals surface area contributed by atoms with Gasteiger partial charge in [0.05, 0.1) is 5.69 Å². The van der Waals surface area contributed by atoms with Gasteiger partial charge in [0.2, 0.25) is 6.41 Å². The second-order valence-corrected chi connectivity index (χ2v) is 7.26. The molecule has 7 nitrogen and oxygen atoms in total. The lowest BCUT2D eigenvalue weighted by Gasteiger charge is -2.37. The van der Waals surface area contributed by atoms with Crippen molar-refractivity contribution < 1.29 is 14.0 Å². The van der Waals surface area contributed by atoms with E-state index >= 15 is 0 Å². The van der Waals surface area contributed by atoms with Crippen molar-refractivity contribution in [1.29, 1.82) is 0 Å². The Balaban J connectivity index is 1.40. The van der Waals surface area contributed by atoms with E-state index in [1.54, 1.807) is 34.2 Å². The molecule has 3 heterocycles. The summed E-state index contributed by atoms with van der Waals surface area (Å²) in [6, 6.07) is 10.4. The van der Waals surface area contributed by atoms with Gasteiger partial charge in [0.1, 0.15) is 11.6 Å². The first kappa shape index (κ1) is 19.2. The van der Waals surface area contributed by atoms with Crippen LogP contribution < -0.4 is 9.80 Å². The Bertz CT molecular complexity index is 877. The molecule has 0 saturated carbocycles. The van der Waals surface area contributed by atoms with Crippen LogP contribution in [0, 0.1) is 5.82 Å². The quantitative estimate of drug-likeness (QED) is 0.731. The highest BCUT2D eigenvalue weighted by Gasteiger charge is 2.24. The van der Waals surface area contributed by atoms with Crippen LogP contribution in [0.2, 0.25) is 0 Å². The standard InChI is InChI=1S/C21H24FN5O2/c22-18-3-1-2-4-19(18)25-11-13-26(14-12-25)20-15-17(5-6-23-20)21(29)27-9-7-24(16-28)8-10-27/h1-6,15-16H,7-14H2. The maximum absolute atomic E-state index is 14.0. The number of para-hydroxylation sites is 1. The fourth-order valence-corrected chi connectivity index (χ4v) is 3.82. The maximum Gasteiger partial charge on any atom is 0.254 e. The van der Waals surface area contributed by atoms with Crippen molar-refractivity contribution >= 4 is 23.8 Å². The highest BCUT2D eigenvalue weighted by Crippen LogP contribution is 2.22. The number of nitrogens with zero attached hydrogens (tertiary/aromatic N) is 5. The Morgan fingerprint density at radius 2 is 1.62 bits per heavy atom. The number of aromatic nitrogens is 1. The molecule has 0 aliphatic carbocycles. The van der Waals surface area contributed by atoms with Gasteiger partial charge in [-0.15, -0.1) is 0 Å². The van der Waals surface area contributed by atoms with Crippen LogP contribution in [-0.4, -0.2) is 79.5 Å². The summed E-state index contributed by atoms with van der Waals surface area (Å²) in [4.78, 5) is 35.7. The molecular formula is C21H24FN5O2. The normalized spacial score (nSPS) is 17.4. The van der Waals surface area contributed by atoms with Gasteiger partial charge in [-0.25, -0.2) is 9.37 Å². The molecule has 0 atom stereocenters. The van der Waals surface area contributed by atoms with Gasteiger partial charge in [0.25, 0.3) is 5.91 Å². The molecule has 0 spiro atoms. The molecule has 1 aromatic heterocycles. The summed E-state index contributed by atoms with van der Waals surface area (Å²) >= 11 is 0. The van der Waals surface area contributed by atoms with Crippen molar-refractivity contribution in [2.45, 2.75) is 0 Å². The number of piperazine rings is 2. The number of hydrogen-bond donors (Lipinski definition) is 0. The van der Waals surface area contributed by atoms with E-state index in [0.717, 1.165) is 12.2 Å². The monoisotopic (exact) mass is 397 g/mol. The molecule has 2 aromatic rings. The van der Waals surface area contributed by atoms with Crippen molar-refractivity contribution in [3.8, 4) is 0 Å². The zero-order valence-corrected chi connectivity index (χ0v) is 16.2. The lowest BCUT2D eigenvalue weighted by molar-refractivity contribution is -0.119. The molecule has 2 saturated heterocycles. The Morgan fingerprint density at radius 1 is 0.931 bits per heavy atom. The van der Waals surface area contributed by atoms with Gasteiger partial charge in [0.15, 0.2) is 0 Å². The average molecular weight is 397 g/mol. The summed E-state index contributed by atoms with van der Waals surface area (Å²) in [5.41, 5.74) is 1.23. The number of rotatable bonds is 4. The van der Waals surface area contributed by atoms with Crippen LogP contribution >= 0.6 is 0 Å². The van der Waals surface area contributed by atoms with E-state index in [1.807, 2.05) is 17.0 Å². The molecule has 29 heavy (non-hydrogen) atoms. The molecule has 0 radical (unpaired) electrons. The van der Waals surface area contributed by atoms with Gasteiger partial charge in [-0.1, -0.05) is 12.1 Å². The Hall–Kier alpha value is -3.16. The van der Waals surface area contributed by atoms with Crippen molar-refractivity contribution in [2.24, 2.45) is 0 Å². The Labute approximate surface area is 169 Å². The zero-order valence-electron chi connectivity index (χ0n) is 16.2. The largest absolute Gasteiger partial charge is 0.366 e. The van der Waals surface area contributed by atoms with Gasteiger partial charge < -0.3 is 19.6 Å². The van der Waals surface area contributed by atoms with E-state index < -0.39 is 0 Å². The van der Waals surface area contributed by atoms with E-state index in [4.69, 9.17) is 0 Å². The molecule has 2 aliphatic heterocycles. The van der Waals surface area contributed by atoms with Crippen molar-refractivity contribution in [1.82, 2.24) is 14.8 Å². The average Bonchev–Trinajstić information content (AvgIpc) is 2.79. The third-order valence-electron chi connectivity index (χ3n) is 5.54. The lowest BCUT2D eigenvalue weighted by atomic mass is 10.2. The molecular weight excluding hydrogens is 373 g/mol. The number of carbonyl (C=O) groups is 2. The minimum absolute atomic E-state index is 0.0378. The molecule has 0 N–H and O–H groups in total. The molecule has 2 amide bonds. The zero-order chi connectivity index (χ0) is 20.2. The number of benzene rings is 1. The third kappa shape index (κ3) is 4.16. The Morgan fingerprint density at radius 3 is 2.31 bits per heavy atom. The van der Waals surface area contributed by atoms with Crippen molar-refractivity contribution in [3.05, 3.63) is 54.0 Å². The van der Waals surface area contributed by atoms with Crippen LogP contribution in [-0.2, 0) is 4.79 Å². The summed E-state index contributed by atoms with van der Waals surface area (Å²) in [6.45, 7) is 4.99. The second-order valence-electron chi connectivity index (χ2n) is 7.26. The van der Waals surface area contributed by atoms with E-state index in [0.29, 0.717) is 63.6 Å². The van der Waals surface area contributed by atoms with E-state index in [9.17, 15) is 14.0 Å². The fraction of sp³-hybridized carbons (Fsp3) is 0.381. The number of hydrogen-bond acceptors (Lipinski definition) is 5. The molecule has 152 valence electrons.